The summed E-state index contributed by atoms with van der Waals surface area (Å²) in [6, 6.07) is 7.58. The number of halogens is 1. The van der Waals surface area contributed by atoms with Crippen LogP contribution < -0.4 is 0 Å². The van der Waals surface area contributed by atoms with Crippen molar-refractivity contribution in [2.75, 3.05) is 13.2 Å². The fourth-order valence-corrected chi connectivity index (χ4v) is 2.83. The minimum absolute atomic E-state index is 0.0600. The van der Waals surface area contributed by atoms with Gasteiger partial charge in [-0.05, 0) is 34.5 Å². The minimum Gasteiger partial charge on any atom is -0.478 e. The number of hydrogen-bond acceptors (Lipinski definition) is 3. The quantitative estimate of drug-likeness (QED) is 0.935. The van der Waals surface area contributed by atoms with E-state index in [0.717, 1.165) is 16.6 Å². The topological polar surface area (TPSA) is 64.3 Å². The predicted molar refractivity (Wildman–Crippen MR) is 76.4 cm³/mol. The number of rotatable bonds is 3. The number of para-hydroxylation sites is 1. The van der Waals surface area contributed by atoms with Crippen molar-refractivity contribution >= 4 is 21.9 Å². The van der Waals surface area contributed by atoms with Crippen LogP contribution >= 0.6 is 15.9 Å². The largest absolute Gasteiger partial charge is 0.478 e. The molecule has 1 aliphatic heterocycles. The van der Waals surface area contributed by atoms with Crippen LogP contribution in [-0.4, -0.2) is 34.1 Å². The molecule has 1 aromatic heterocycles. The van der Waals surface area contributed by atoms with Crippen LogP contribution in [0.2, 0.25) is 0 Å². The van der Waals surface area contributed by atoms with Crippen LogP contribution in [0, 0.1) is 0 Å². The van der Waals surface area contributed by atoms with Gasteiger partial charge in [-0.2, -0.15) is 5.10 Å². The summed E-state index contributed by atoms with van der Waals surface area (Å²) >= 11 is 3.45. The van der Waals surface area contributed by atoms with Crippen molar-refractivity contribution in [2.24, 2.45) is 0 Å². The van der Waals surface area contributed by atoms with E-state index < -0.39 is 5.97 Å². The fraction of sp³-hybridized carbons (Fsp3) is 0.286. The Hall–Kier alpha value is -1.66. The van der Waals surface area contributed by atoms with Gasteiger partial charge in [0.15, 0.2) is 0 Å². The summed E-state index contributed by atoms with van der Waals surface area (Å²) in [6.07, 6.45) is 2.38. The van der Waals surface area contributed by atoms with E-state index in [1.807, 2.05) is 24.3 Å². The molecule has 1 unspecified atom stereocenters. The lowest BCUT2D eigenvalue weighted by Crippen LogP contribution is -2.06. The standard InChI is InChI=1S/C14H13BrN2O3/c15-11-3-1-2-4-12(11)17-7-10(14(18)19)13(16-17)9-5-6-20-8-9/h1-4,7,9H,5-6,8H2,(H,18,19). The lowest BCUT2D eigenvalue weighted by atomic mass is 10.0. The third-order valence-electron chi connectivity index (χ3n) is 3.39. The van der Waals surface area contributed by atoms with E-state index in [1.165, 1.54) is 0 Å². The molecule has 0 radical (unpaired) electrons. The average molecular weight is 337 g/mol. The fourth-order valence-electron chi connectivity index (χ4n) is 2.36. The number of carboxylic acids is 1. The van der Waals surface area contributed by atoms with Crippen LogP contribution in [0.3, 0.4) is 0 Å². The first kappa shape index (κ1) is 13.3. The number of carbonyl (C=O) groups is 1. The van der Waals surface area contributed by atoms with Crippen molar-refractivity contribution in [1.29, 1.82) is 0 Å². The van der Waals surface area contributed by atoms with Crippen LogP contribution in [0.25, 0.3) is 5.69 Å². The van der Waals surface area contributed by atoms with Gasteiger partial charge in [0.25, 0.3) is 0 Å². The third kappa shape index (κ3) is 2.36. The lowest BCUT2D eigenvalue weighted by molar-refractivity contribution is 0.0695. The maximum atomic E-state index is 11.4. The smallest absolute Gasteiger partial charge is 0.339 e. The molecule has 3 rings (SSSR count). The van der Waals surface area contributed by atoms with Crippen molar-refractivity contribution in [1.82, 2.24) is 9.78 Å². The molecular weight excluding hydrogens is 324 g/mol. The van der Waals surface area contributed by atoms with E-state index in [2.05, 4.69) is 21.0 Å². The van der Waals surface area contributed by atoms with Gasteiger partial charge in [0.1, 0.15) is 5.56 Å². The van der Waals surface area contributed by atoms with Gasteiger partial charge in [-0.1, -0.05) is 12.1 Å². The number of ether oxygens (including phenoxy) is 1. The monoisotopic (exact) mass is 336 g/mol. The van der Waals surface area contributed by atoms with E-state index in [4.69, 9.17) is 4.74 Å². The zero-order valence-corrected chi connectivity index (χ0v) is 12.2. The van der Waals surface area contributed by atoms with Gasteiger partial charge >= 0.3 is 5.97 Å². The van der Waals surface area contributed by atoms with Crippen molar-refractivity contribution < 1.29 is 14.6 Å². The summed E-state index contributed by atoms with van der Waals surface area (Å²) < 4.78 is 7.81. The maximum absolute atomic E-state index is 11.4. The normalized spacial score (nSPS) is 18.4. The molecule has 1 fully saturated rings. The number of nitrogens with zero attached hydrogens (tertiary/aromatic N) is 2. The first-order valence-corrected chi connectivity index (χ1v) is 7.11. The number of hydrogen-bond donors (Lipinski definition) is 1. The van der Waals surface area contributed by atoms with E-state index in [1.54, 1.807) is 10.9 Å². The second-order valence-corrected chi connectivity index (χ2v) is 5.54. The molecule has 1 N–H and O–H groups in total. The summed E-state index contributed by atoms with van der Waals surface area (Å²) in [5, 5.41) is 13.8. The molecule has 1 aliphatic rings. The van der Waals surface area contributed by atoms with Crippen molar-refractivity contribution in [3.8, 4) is 5.69 Å². The van der Waals surface area contributed by atoms with Gasteiger partial charge in [0, 0.05) is 23.2 Å². The second kappa shape index (κ2) is 5.38. The van der Waals surface area contributed by atoms with E-state index in [-0.39, 0.29) is 11.5 Å². The molecule has 0 spiro atoms. The Bertz CT molecular complexity index is 648. The van der Waals surface area contributed by atoms with Gasteiger partial charge in [0.2, 0.25) is 0 Å². The van der Waals surface area contributed by atoms with Gasteiger partial charge in [-0.15, -0.1) is 0 Å². The average Bonchev–Trinajstić information content (AvgIpc) is 3.08. The Balaban J connectivity index is 2.07. The Kier molecular flexibility index (Phi) is 3.58. The summed E-state index contributed by atoms with van der Waals surface area (Å²) in [5.41, 5.74) is 1.67. The van der Waals surface area contributed by atoms with Gasteiger partial charge < -0.3 is 9.84 Å². The third-order valence-corrected chi connectivity index (χ3v) is 4.06. The SMILES string of the molecule is O=C(O)c1cn(-c2ccccc2Br)nc1C1CCOC1. The highest BCUT2D eigenvalue weighted by molar-refractivity contribution is 9.10. The molecule has 20 heavy (non-hydrogen) atoms. The predicted octanol–water partition coefficient (Wildman–Crippen LogP) is 2.84. The number of aromatic carboxylic acids is 1. The van der Waals surface area contributed by atoms with E-state index in [9.17, 15) is 9.90 Å². The molecule has 1 saturated heterocycles. The second-order valence-electron chi connectivity index (χ2n) is 4.69. The van der Waals surface area contributed by atoms with Gasteiger partial charge in [-0.3, -0.25) is 0 Å². The maximum Gasteiger partial charge on any atom is 0.339 e. The van der Waals surface area contributed by atoms with Gasteiger partial charge in [-0.25, -0.2) is 9.48 Å². The van der Waals surface area contributed by atoms with Crippen LogP contribution in [0.4, 0.5) is 0 Å². The molecule has 6 heteroatoms. The zero-order chi connectivity index (χ0) is 14.1. The zero-order valence-electron chi connectivity index (χ0n) is 10.6. The molecule has 0 aliphatic carbocycles. The highest BCUT2D eigenvalue weighted by atomic mass is 79.9. The molecule has 0 bridgehead atoms. The molecule has 1 atom stereocenters. The minimum atomic E-state index is -0.954. The highest BCUT2D eigenvalue weighted by Crippen LogP contribution is 2.29. The molecule has 0 amide bonds. The van der Waals surface area contributed by atoms with E-state index in [0.29, 0.717) is 18.9 Å². The number of carboxylic acid groups (broad SMARTS) is 1. The summed E-state index contributed by atoms with van der Waals surface area (Å²) in [6.45, 7) is 1.19. The Labute approximate surface area is 124 Å². The Morgan fingerprint density at radius 3 is 2.90 bits per heavy atom. The summed E-state index contributed by atoms with van der Waals surface area (Å²) in [5.74, 6) is -0.893. The van der Waals surface area contributed by atoms with Crippen molar-refractivity contribution in [2.45, 2.75) is 12.3 Å². The summed E-state index contributed by atoms with van der Waals surface area (Å²) in [7, 11) is 0. The van der Waals surface area contributed by atoms with Crippen molar-refractivity contribution in [3.05, 3.63) is 46.2 Å². The highest BCUT2D eigenvalue weighted by Gasteiger charge is 2.27. The molecule has 1 aromatic carbocycles. The number of aromatic nitrogens is 2. The van der Waals surface area contributed by atoms with Crippen molar-refractivity contribution in [3.63, 3.8) is 0 Å². The Morgan fingerprint density at radius 1 is 1.45 bits per heavy atom. The molecule has 0 saturated carbocycles. The van der Waals surface area contributed by atoms with E-state index >= 15 is 0 Å². The van der Waals surface area contributed by atoms with Crippen LogP contribution in [-0.2, 0) is 4.74 Å². The lowest BCUT2D eigenvalue weighted by Gasteiger charge is -2.05. The summed E-state index contributed by atoms with van der Waals surface area (Å²) in [4.78, 5) is 11.4. The van der Waals surface area contributed by atoms with Crippen LogP contribution in [0.1, 0.15) is 28.4 Å². The molecule has 2 heterocycles. The van der Waals surface area contributed by atoms with Crippen LogP contribution in [0.5, 0.6) is 0 Å². The molecule has 2 aromatic rings. The van der Waals surface area contributed by atoms with Crippen LogP contribution in [0.15, 0.2) is 34.9 Å². The first-order valence-electron chi connectivity index (χ1n) is 6.32. The number of benzene rings is 1. The molecule has 104 valence electrons. The molecule has 5 nitrogen and oxygen atoms in total. The Morgan fingerprint density at radius 2 is 2.25 bits per heavy atom. The first-order chi connectivity index (χ1) is 9.66. The van der Waals surface area contributed by atoms with Gasteiger partial charge in [0.05, 0.1) is 18.0 Å². The molecular formula is C14H13BrN2O3.